The zero-order chi connectivity index (χ0) is 15.5. The first-order valence-electron chi connectivity index (χ1n) is 7.67. The van der Waals surface area contributed by atoms with Gasteiger partial charge in [0.05, 0.1) is 18.2 Å². The summed E-state index contributed by atoms with van der Waals surface area (Å²) in [5, 5.41) is 3.55. The zero-order valence-electron chi connectivity index (χ0n) is 12.8. The van der Waals surface area contributed by atoms with Crippen LogP contribution in [0.3, 0.4) is 0 Å². The van der Waals surface area contributed by atoms with Gasteiger partial charge in [-0.15, -0.1) is 0 Å². The van der Waals surface area contributed by atoms with Crippen molar-refractivity contribution in [2.45, 2.75) is 45.2 Å². The molecule has 22 heavy (non-hydrogen) atoms. The number of amides is 1. The van der Waals surface area contributed by atoms with Gasteiger partial charge in [-0.25, -0.2) is 4.98 Å². The normalized spacial score (nSPS) is 17.2. The van der Waals surface area contributed by atoms with Gasteiger partial charge in [-0.1, -0.05) is 24.3 Å². The second-order valence-corrected chi connectivity index (χ2v) is 5.83. The molecule has 1 atom stereocenters. The van der Waals surface area contributed by atoms with E-state index in [9.17, 15) is 4.79 Å². The Morgan fingerprint density at radius 3 is 2.82 bits per heavy atom. The molecule has 0 saturated heterocycles. The molecule has 1 unspecified atom stereocenters. The molecule has 1 aromatic carbocycles. The number of nitrogens with one attached hydrogen (secondary N) is 1. The summed E-state index contributed by atoms with van der Waals surface area (Å²) in [5.74, 6) is 1.47. The monoisotopic (exact) mass is 299 g/mol. The van der Waals surface area contributed by atoms with Crippen molar-refractivity contribution < 1.29 is 9.21 Å². The smallest absolute Gasteiger partial charge is 0.221 e. The molecule has 5 nitrogen and oxygen atoms in total. The van der Waals surface area contributed by atoms with Crippen LogP contribution < -0.4 is 11.1 Å². The summed E-state index contributed by atoms with van der Waals surface area (Å²) < 4.78 is 5.65. The molecule has 3 rings (SSSR count). The van der Waals surface area contributed by atoms with Crippen LogP contribution in [0.25, 0.3) is 0 Å². The van der Waals surface area contributed by atoms with Crippen molar-refractivity contribution in [2.24, 2.45) is 5.73 Å². The van der Waals surface area contributed by atoms with Crippen molar-refractivity contribution in [3.63, 3.8) is 0 Å². The Hall–Kier alpha value is -2.14. The Labute approximate surface area is 129 Å². The van der Waals surface area contributed by atoms with E-state index in [1.165, 1.54) is 5.56 Å². The van der Waals surface area contributed by atoms with Gasteiger partial charge in [0.25, 0.3) is 0 Å². The second-order valence-electron chi connectivity index (χ2n) is 5.83. The van der Waals surface area contributed by atoms with E-state index in [-0.39, 0.29) is 18.4 Å². The number of hydrogen-bond donors (Lipinski definition) is 2. The molecule has 1 amide bonds. The highest BCUT2D eigenvalue weighted by Crippen LogP contribution is 2.29. The molecule has 0 spiro atoms. The molecule has 0 saturated carbocycles. The Morgan fingerprint density at radius 1 is 1.36 bits per heavy atom. The maximum atomic E-state index is 10.9. The molecule has 3 N–H and O–H groups in total. The highest BCUT2D eigenvalue weighted by atomic mass is 16.4. The van der Waals surface area contributed by atoms with Crippen LogP contribution in [0.4, 0.5) is 0 Å². The van der Waals surface area contributed by atoms with E-state index in [4.69, 9.17) is 10.2 Å². The van der Waals surface area contributed by atoms with E-state index in [0.717, 1.165) is 48.7 Å². The van der Waals surface area contributed by atoms with Crippen LogP contribution in [0.5, 0.6) is 0 Å². The third kappa shape index (κ3) is 3.36. The van der Waals surface area contributed by atoms with Gasteiger partial charge in [0.1, 0.15) is 5.76 Å². The lowest BCUT2D eigenvalue weighted by Gasteiger charge is -2.21. The lowest BCUT2D eigenvalue weighted by atomic mass is 9.96. The number of aryl methyl sites for hydroxylation is 2. The van der Waals surface area contributed by atoms with E-state index >= 15 is 0 Å². The number of benzene rings is 1. The molecule has 0 bridgehead atoms. The van der Waals surface area contributed by atoms with Crippen LogP contribution in [0.15, 0.2) is 28.7 Å². The molecule has 1 aromatic heterocycles. The van der Waals surface area contributed by atoms with Crippen LogP contribution >= 0.6 is 0 Å². The molecule has 1 aliphatic carbocycles. The van der Waals surface area contributed by atoms with Crippen LogP contribution in [-0.4, -0.2) is 10.9 Å². The Bertz CT molecular complexity index is 661. The largest absolute Gasteiger partial charge is 0.446 e. The first kappa shape index (κ1) is 14.8. The molecule has 1 heterocycles. The van der Waals surface area contributed by atoms with Gasteiger partial charge in [0, 0.05) is 19.9 Å². The van der Waals surface area contributed by atoms with Crippen molar-refractivity contribution in [3.05, 3.63) is 52.7 Å². The van der Waals surface area contributed by atoms with Gasteiger partial charge < -0.3 is 15.5 Å². The van der Waals surface area contributed by atoms with Gasteiger partial charge >= 0.3 is 0 Å². The van der Waals surface area contributed by atoms with Crippen molar-refractivity contribution in [1.29, 1.82) is 0 Å². The number of nitrogens with zero attached hydrogens (tertiary/aromatic N) is 1. The number of carbonyl (C=O) groups is 1. The minimum absolute atomic E-state index is 0.256. The van der Waals surface area contributed by atoms with E-state index in [1.807, 2.05) is 31.2 Å². The van der Waals surface area contributed by atoms with Crippen molar-refractivity contribution in [3.8, 4) is 0 Å². The first-order valence-corrected chi connectivity index (χ1v) is 7.67. The van der Waals surface area contributed by atoms with E-state index in [0.29, 0.717) is 0 Å². The summed E-state index contributed by atoms with van der Waals surface area (Å²) in [5.41, 5.74) is 8.39. The molecular formula is C17H21N3O2. The zero-order valence-corrected chi connectivity index (χ0v) is 12.8. The minimum atomic E-state index is -0.304. The third-order valence-electron chi connectivity index (χ3n) is 4.02. The van der Waals surface area contributed by atoms with Crippen molar-refractivity contribution in [2.75, 3.05) is 0 Å². The number of rotatable bonds is 5. The molecule has 5 heteroatoms. The predicted molar refractivity (Wildman–Crippen MR) is 83.1 cm³/mol. The standard InChI is InChI=1S/C17H21N3O2/c1-11-20-17-14(3-2-4-15(17)22-11)19-10-13-7-5-12(6-8-13)9-16(18)21/h5-8,14,19H,2-4,9-10H2,1H3,(H2,18,21). The quantitative estimate of drug-likeness (QED) is 0.886. The number of carbonyl (C=O) groups excluding carboxylic acids is 1. The summed E-state index contributed by atoms with van der Waals surface area (Å²) in [6, 6.07) is 8.22. The van der Waals surface area contributed by atoms with E-state index in [1.54, 1.807) is 0 Å². The number of fused-ring (bicyclic) bond motifs is 1. The molecule has 0 fully saturated rings. The molecule has 1 aliphatic rings. The van der Waals surface area contributed by atoms with Gasteiger partial charge in [-0.3, -0.25) is 4.79 Å². The molecular weight excluding hydrogens is 278 g/mol. The Morgan fingerprint density at radius 2 is 2.09 bits per heavy atom. The topological polar surface area (TPSA) is 81.2 Å². The average molecular weight is 299 g/mol. The lowest BCUT2D eigenvalue weighted by Crippen LogP contribution is -2.24. The SMILES string of the molecule is Cc1nc2c(o1)CCCC2NCc1ccc(CC(N)=O)cc1. The summed E-state index contributed by atoms with van der Waals surface area (Å²) in [6.07, 6.45) is 3.48. The number of hydrogen-bond acceptors (Lipinski definition) is 4. The Kier molecular flexibility index (Phi) is 4.24. The fourth-order valence-corrected chi connectivity index (χ4v) is 2.96. The average Bonchev–Trinajstić information content (AvgIpc) is 2.86. The number of aromatic nitrogens is 1. The molecule has 2 aromatic rings. The van der Waals surface area contributed by atoms with Crippen LogP contribution in [0, 0.1) is 6.92 Å². The van der Waals surface area contributed by atoms with Crippen LogP contribution in [-0.2, 0) is 24.2 Å². The van der Waals surface area contributed by atoms with E-state index < -0.39 is 0 Å². The maximum absolute atomic E-state index is 10.9. The fourth-order valence-electron chi connectivity index (χ4n) is 2.96. The summed E-state index contributed by atoms with van der Waals surface area (Å²) in [7, 11) is 0. The Balaban J connectivity index is 1.62. The number of primary amides is 1. The van der Waals surface area contributed by atoms with Crippen molar-refractivity contribution in [1.82, 2.24) is 10.3 Å². The third-order valence-corrected chi connectivity index (χ3v) is 4.02. The van der Waals surface area contributed by atoms with E-state index in [2.05, 4.69) is 10.3 Å². The maximum Gasteiger partial charge on any atom is 0.221 e. The van der Waals surface area contributed by atoms with Gasteiger partial charge in [-0.05, 0) is 24.0 Å². The highest BCUT2D eigenvalue weighted by molar-refractivity contribution is 5.76. The van der Waals surface area contributed by atoms with Gasteiger partial charge in [0.15, 0.2) is 5.89 Å². The van der Waals surface area contributed by atoms with Gasteiger partial charge in [0.2, 0.25) is 5.91 Å². The number of oxazole rings is 1. The van der Waals surface area contributed by atoms with Crippen LogP contribution in [0.1, 0.15) is 47.4 Å². The fraction of sp³-hybridized carbons (Fsp3) is 0.412. The number of nitrogens with two attached hydrogens (primary N) is 1. The molecule has 116 valence electrons. The second kappa shape index (κ2) is 6.32. The van der Waals surface area contributed by atoms with Crippen molar-refractivity contribution >= 4 is 5.91 Å². The highest BCUT2D eigenvalue weighted by Gasteiger charge is 2.24. The summed E-state index contributed by atoms with van der Waals surface area (Å²) in [6.45, 7) is 2.67. The lowest BCUT2D eigenvalue weighted by molar-refractivity contribution is -0.117. The summed E-state index contributed by atoms with van der Waals surface area (Å²) >= 11 is 0. The van der Waals surface area contributed by atoms with Gasteiger partial charge in [-0.2, -0.15) is 0 Å². The summed E-state index contributed by atoms with van der Waals surface area (Å²) in [4.78, 5) is 15.4. The molecule has 0 aliphatic heterocycles. The minimum Gasteiger partial charge on any atom is -0.446 e. The predicted octanol–water partition coefficient (Wildman–Crippen LogP) is 2.18. The first-order chi connectivity index (χ1) is 10.6. The molecule has 0 radical (unpaired) electrons. The van der Waals surface area contributed by atoms with Crippen LogP contribution in [0.2, 0.25) is 0 Å².